The fraction of sp³-hybridized carbons (Fsp3) is 0.375. The Kier molecular flexibility index (Phi) is 5.56. The molecule has 1 aromatic carbocycles. The summed E-state index contributed by atoms with van der Waals surface area (Å²) in [6, 6.07) is 9.99. The maximum absolute atomic E-state index is 4.60. The number of aromatic nitrogens is 2. The summed E-state index contributed by atoms with van der Waals surface area (Å²) in [5, 5.41) is 3.25. The largest absolute Gasteiger partial charge is 0.360 e. The Hall–Kier alpha value is -1.62. The number of anilines is 3. The van der Waals surface area contributed by atoms with Gasteiger partial charge in [0, 0.05) is 35.5 Å². The Morgan fingerprint density at radius 3 is 2.57 bits per heavy atom. The first-order valence-corrected chi connectivity index (χ1v) is 7.97. The van der Waals surface area contributed by atoms with E-state index in [0.29, 0.717) is 5.95 Å². The van der Waals surface area contributed by atoms with E-state index in [0.717, 1.165) is 34.6 Å². The number of aryl methyl sites for hydroxylation is 1. The molecule has 0 radical (unpaired) electrons. The number of unbranched alkanes of at least 4 members (excludes halogenated alkanes) is 1. The maximum Gasteiger partial charge on any atom is 0.229 e. The van der Waals surface area contributed by atoms with E-state index in [1.54, 1.807) is 0 Å². The molecule has 0 unspecified atom stereocenters. The normalized spacial score (nSPS) is 10.5. The van der Waals surface area contributed by atoms with Crippen LogP contribution < -0.4 is 10.2 Å². The summed E-state index contributed by atoms with van der Waals surface area (Å²) in [6.45, 7) is 5.19. The van der Waals surface area contributed by atoms with Crippen LogP contribution in [0.2, 0.25) is 0 Å². The van der Waals surface area contributed by atoms with Gasteiger partial charge in [-0.05, 0) is 37.6 Å². The number of nitrogens with zero attached hydrogens (tertiary/aromatic N) is 3. The van der Waals surface area contributed by atoms with E-state index < -0.39 is 0 Å². The zero-order chi connectivity index (χ0) is 15.2. The van der Waals surface area contributed by atoms with Crippen molar-refractivity contribution in [2.24, 2.45) is 0 Å². The van der Waals surface area contributed by atoms with Crippen LogP contribution in [0.15, 0.2) is 34.8 Å². The number of nitrogens with one attached hydrogen (secondary N) is 1. The van der Waals surface area contributed by atoms with Crippen molar-refractivity contribution >= 4 is 33.4 Å². The highest BCUT2D eigenvalue weighted by Gasteiger charge is 2.07. The van der Waals surface area contributed by atoms with Crippen molar-refractivity contribution in [1.82, 2.24) is 9.97 Å². The van der Waals surface area contributed by atoms with Crippen molar-refractivity contribution in [2.45, 2.75) is 26.7 Å². The first kappa shape index (κ1) is 15.8. The molecule has 0 saturated carbocycles. The summed E-state index contributed by atoms with van der Waals surface area (Å²) < 4.78 is 1.05. The molecule has 0 spiro atoms. The van der Waals surface area contributed by atoms with Crippen molar-refractivity contribution in [2.75, 3.05) is 23.8 Å². The third-order valence-corrected chi connectivity index (χ3v) is 3.71. The van der Waals surface area contributed by atoms with E-state index in [1.807, 2.05) is 37.3 Å². The van der Waals surface area contributed by atoms with Crippen LogP contribution >= 0.6 is 15.9 Å². The Balaban J connectivity index is 2.16. The van der Waals surface area contributed by atoms with Gasteiger partial charge >= 0.3 is 0 Å². The predicted octanol–water partition coefficient (Wildman–Crippen LogP) is 4.53. The molecule has 0 saturated heterocycles. The lowest BCUT2D eigenvalue weighted by Gasteiger charge is -2.19. The third-order valence-electron chi connectivity index (χ3n) is 3.18. The van der Waals surface area contributed by atoms with Crippen LogP contribution in [0.4, 0.5) is 17.5 Å². The van der Waals surface area contributed by atoms with Crippen LogP contribution in [0.3, 0.4) is 0 Å². The van der Waals surface area contributed by atoms with Gasteiger partial charge in [0.2, 0.25) is 5.95 Å². The van der Waals surface area contributed by atoms with Gasteiger partial charge in [0.1, 0.15) is 5.82 Å². The Labute approximate surface area is 134 Å². The molecule has 0 atom stereocenters. The second kappa shape index (κ2) is 7.41. The van der Waals surface area contributed by atoms with Crippen molar-refractivity contribution < 1.29 is 0 Å². The zero-order valence-corrected chi connectivity index (χ0v) is 14.3. The van der Waals surface area contributed by atoms with E-state index >= 15 is 0 Å². The molecule has 1 aromatic heterocycles. The lowest BCUT2D eigenvalue weighted by molar-refractivity contribution is 0.758. The van der Waals surface area contributed by atoms with Crippen LogP contribution in [-0.2, 0) is 0 Å². The second-order valence-electron chi connectivity index (χ2n) is 5.10. The van der Waals surface area contributed by atoms with Gasteiger partial charge in [0.05, 0.1) is 0 Å². The van der Waals surface area contributed by atoms with Gasteiger partial charge in [-0.3, -0.25) is 0 Å². The van der Waals surface area contributed by atoms with Crippen molar-refractivity contribution in [3.8, 4) is 0 Å². The van der Waals surface area contributed by atoms with Gasteiger partial charge in [0.15, 0.2) is 0 Å². The van der Waals surface area contributed by atoms with Crippen molar-refractivity contribution in [3.63, 3.8) is 0 Å². The third kappa shape index (κ3) is 4.70. The summed E-state index contributed by atoms with van der Waals surface area (Å²) >= 11 is 3.43. The summed E-state index contributed by atoms with van der Waals surface area (Å²) in [7, 11) is 2.07. The molecule has 0 amide bonds. The smallest absolute Gasteiger partial charge is 0.229 e. The predicted molar refractivity (Wildman–Crippen MR) is 92.4 cm³/mol. The van der Waals surface area contributed by atoms with E-state index in [-0.39, 0.29) is 0 Å². The standard InChI is InChI=1S/C16H21BrN4/c1-4-5-10-21(3)15-11-12(2)18-16(20-15)19-14-8-6-13(17)7-9-14/h6-9,11H,4-5,10H2,1-3H3,(H,18,19,20). The van der Waals surface area contributed by atoms with E-state index in [1.165, 1.54) is 6.42 Å². The molecule has 1 heterocycles. The molecule has 1 N–H and O–H groups in total. The van der Waals surface area contributed by atoms with Gasteiger partial charge in [-0.15, -0.1) is 0 Å². The molecule has 0 aliphatic heterocycles. The molecule has 0 bridgehead atoms. The maximum atomic E-state index is 4.60. The monoisotopic (exact) mass is 348 g/mol. The highest BCUT2D eigenvalue weighted by Crippen LogP contribution is 2.19. The number of hydrogen-bond donors (Lipinski definition) is 1. The highest BCUT2D eigenvalue weighted by atomic mass is 79.9. The Morgan fingerprint density at radius 2 is 1.90 bits per heavy atom. The highest BCUT2D eigenvalue weighted by molar-refractivity contribution is 9.10. The van der Waals surface area contributed by atoms with Gasteiger partial charge in [-0.25, -0.2) is 4.98 Å². The molecular formula is C16H21BrN4. The van der Waals surface area contributed by atoms with E-state index in [4.69, 9.17) is 0 Å². The quantitative estimate of drug-likeness (QED) is 0.832. The fourth-order valence-electron chi connectivity index (χ4n) is 1.98. The first-order chi connectivity index (χ1) is 10.1. The molecule has 21 heavy (non-hydrogen) atoms. The molecule has 2 aromatic rings. The Bertz CT molecular complexity index is 583. The lowest BCUT2D eigenvalue weighted by Crippen LogP contribution is -2.20. The minimum absolute atomic E-state index is 0.635. The van der Waals surface area contributed by atoms with Gasteiger partial charge in [-0.1, -0.05) is 29.3 Å². The van der Waals surface area contributed by atoms with Crippen LogP contribution in [0.25, 0.3) is 0 Å². The number of hydrogen-bond acceptors (Lipinski definition) is 4. The molecule has 112 valence electrons. The topological polar surface area (TPSA) is 41.1 Å². The minimum atomic E-state index is 0.635. The average molecular weight is 349 g/mol. The molecular weight excluding hydrogens is 328 g/mol. The average Bonchev–Trinajstić information content (AvgIpc) is 2.46. The Morgan fingerprint density at radius 1 is 1.19 bits per heavy atom. The van der Waals surface area contributed by atoms with Gasteiger partial charge < -0.3 is 10.2 Å². The molecule has 2 rings (SSSR count). The van der Waals surface area contributed by atoms with E-state index in [9.17, 15) is 0 Å². The van der Waals surface area contributed by atoms with Gasteiger partial charge in [0.25, 0.3) is 0 Å². The summed E-state index contributed by atoms with van der Waals surface area (Å²) in [5.74, 6) is 1.59. The molecule has 0 fully saturated rings. The van der Waals surface area contributed by atoms with Crippen LogP contribution in [0, 0.1) is 6.92 Å². The van der Waals surface area contributed by atoms with Crippen LogP contribution in [-0.4, -0.2) is 23.6 Å². The lowest BCUT2D eigenvalue weighted by atomic mass is 10.3. The number of rotatable bonds is 6. The minimum Gasteiger partial charge on any atom is -0.360 e. The SMILES string of the molecule is CCCCN(C)c1cc(C)nc(Nc2ccc(Br)cc2)n1. The molecule has 0 aliphatic rings. The molecule has 0 aliphatic carbocycles. The molecule has 4 nitrogen and oxygen atoms in total. The van der Waals surface area contributed by atoms with Gasteiger partial charge in [-0.2, -0.15) is 4.98 Å². The zero-order valence-electron chi connectivity index (χ0n) is 12.7. The van der Waals surface area contributed by atoms with Crippen LogP contribution in [0.5, 0.6) is 0 Å². The second-order valence-corrected chi connectivity index (χ2v) is 6.01. The summed E-state index contributed by atoms with van der Waals surface area (Å²) in [6.07, 6.45) is 2.34. The van der Waals surface area contributed by atoms with Crippen molar-refractivity contribution in [3.05, 3.63) is 40.5 Å². The summed E-state index contributed by atoms with van der Waals surface area (Å²) in [5.41, 5.74) is 1.94. The summed E-state index contributed by atoms with van der Waals surface area (Å²) in [4.78, 5) is 11.2. The van der Waals surface area contributed by atoms with Crippen molar-refractivity contribution in [1.29, 1.82) is 0 Å². The fourth-order valence-corrected chi connectivity index (χ4v) is 2.24. The van der Waals surface area contributed by atoms with E-state index in [2.05, 4.69) is 50.1 Å². The first-order valence-electron chi connectivity index (χ1n) is 7.18. The van der Waals surface area contributed by atoms with Crippen LogP contribution in [0.1, 0.15) is 25.5 Å². The number of halogens is 1. The number of benzene rings is 1. The molecule has 5 heteroatoms.